The van der Waals surface area contributed by atoms with Gasteiger partial charge in [-0.05, 0) is 56.7 Å². The predicted molar refractivity (Wildman–Crippen MR) is 144 cm³/mol. The van der Waals surface area contributed by atoms with Crippen molar-refractivity contribution in [3.63, 3.8) is 0 Å². The van der Waals surface area contributed by atoms with Crippen molar-refractivity contribution in [2.75, 3.05) is 13.2 Å². The van der Waals surface area contributed by atoms with Crippen LogP contribution in [0.5, 0.6) is 0 Å². The minimum Gasteiger partial charge on any atom is -0.464 e. The number of carbonyl (C=O) groups is 2. The van der Waals surface area contributed by atoms with Gasteiger partial charge in [0.1, 0.15) is 12.2 Å². The van der Waals surface area contributed by atoms with Gasteiger partial charge in [-0.15, -0.1) is 11.3 Å². The molecular formula is C30H29NO6S. The standard InChI is InChI=1S/C30H29NO6S/c1-16-7-8-24-20(11-16)29(33)21(15-36-24)27-26(30(34)37-14-19-5-3-9-35-19)17(2)31-22-12-18(13-23(32)28(22)27)25-6-4-10-38-25/h4,6-8,10-11,15,18-19,27,31H,3,5,9,12-14H2,1-2H3/t18-,19+,27-/m1/s1. The number of nitrogens with one attached hydrogen (secondary N) is 1. The van der Waals surface area contributed by atoms with Gasteiger partial charge in [0.15, 0.2) is 11.2 Å². The summed E-state index contributed by atoms with van der Waals surface area (Å²) < 4.78 is 17.2. The summed E-state index contributed by atoms with van der Waals surface area (Å²) in [6, 6.07) is 9.45. The van der Waals surface area contributed by atoms with Crippen molar-refractivity contribution >= 4 is 34.1 Å². The Balaban J connectivity index is 1.45. The van der Waals surface area contributed by atoms with Crippen LogP contribution in [0.25, 0.3) is 11.0 Å². The van der Waals surface area contributed by atoms with E-state index < -0.39 is 11.9 Å². The van der Waals surface area contributed by atoms with Gasteiger partial charge < -0.3 is 19.2 Å². The third-order valence-corrected chi connectivity index (χ3v) is 8.72. The number of ether oxygens (including phenoxy) is 2. The fraction of sp³-hybridized carbons (Fsp3) is 0.367. The third kappa shape index (κ3) is 4.41. The molecule has 38 heavy (non-hydrogen) atoms. The second-order valence-electron chi connectivity index (χ2n) is 10.3. The normalized spacial score (nSPS) is 23.5. The molecule has 3 aliphatic rings. The molecule has 7 nitrogen and oxygen atoms in total. The summed E-state index contributed by atoms with van der Waals surface area (Å²) in [5, 5.41) is 5.78. The molecule has 0 amide bonds. The van der Waals surface area contributed by atoms with Crippen molar-refractivity contribution in [2.45, 2.75) is 57.5 Å². The molecule has 2 aliphatic heterocycles. The molecule has 1 saturated heterocycles. The van der Waals surface area contributed by atoms with Gasteiger partial charge in [0, 0.05) is 46.4 Å². The van der Waals surface area contributed by atoms with E-state index in [4.69, 9.17) is 13.9 Å². The Morgan fingerprint density at radius 1 is 1.18 bits per heavy atom. The Kier molecular flexibility index (Phi) is 6.53. The first kappa shape index (κ1) is 24.8. The van der Waals surface area contributed by atoms with E-state index in [0.717, 1.165) is 29.0 Å². The Morgan fingerprint density at radius 2 is 2.05 bits per heavy atom. The zero-order valence-corrected chi connectivity index (χ0v) is 22.2. The largest absolute Gasteiger partial charge is 0.464 e. The number of dihydropyridines is 1. The molecule has 6 rings (SSSR count). The quantitative estimate of drug-likeness (QED) is 0.450. The average molecular weight is 532 g/mol. The first-order chi connectivity index (χ1) is 18.4. The van der Waals surface area contributed by atoms with E-state index in [2.05, 4.69) is 5.32 Å². The van der Waals surface area contributed by atoms with Crippen LogP contribution >= 0.6 is 11.3 Å². The third-order valence-electron chi connectivity index (χ3n) is 7.68. The topological polar surface area (TPSA) is 94.8 Å². The number of hydrogen-bond acceptors (Lipinski definition) is 8. The van der Waals surface area contributed by atoms with Crippen molar-refractivity contribution in [1.29, 1.82) is 0 Å². The molecule has 3 aromatic rings. The zero-order chi connectivity index (χ0) is 26.4. The summed E-state index contributed by atoms with van der Waals surface area (Å²) in [5.41, 5.74) is 3.44. The maximum absolute atomic E-state index is 13.8. The van der Waals surface area contributed by atoms with E-state index >= 15 is 0 Å². The van der Waals surface area contributed by atoms with E-state index in [1.165, 1.54) is 6.26 Å². The number of fused-ring (bicyclic) bond motifs is 1. The highest BCUT2D eigenvalue weighted by molar-refractivity contribution is 7.10. The van der Waals surface area contributed by atoms with Gasteiger partial charge in [-0.3, -0.25) is 9.59 Å². The number of benzene rings is 1. The number of carbonyl (C=O) groups excluding carboxylic acids is 2. The summed E-state index contributed by atoms with van der Waals surface area (Å²) in [6.45, 7) is 4.49. The molecular weight excluding hydrogens is 502 g/mol. The summed E-state index contributed by atoms with van der Waals surface area (Å²) in [6.07, 6.45) is 3.96. The fourth-order valence-electron chi connectivity index (χ4n) is 5.83. The number of rotatable bonds is 5. The number of aryl methyl sites for hydroxylation is 1. The van der Waals surface area contributed by atoms with Crippen molar-refractivity contribution in [2.24, 2.45) is 0 Å². The van der Waals surface area contributed by atoms with E-state index in [1.807, 2.05) is 30.5 Å². The molecule has 0 unspecified atom stereocenters. The van der Waals surface area contributed by atoms with Gasteiger partial charge in [0.2, 0.25) is 0 Å². The molecule has 2 aromatic heterocycles. The van der Waals surface area contributed by atoms with Gasteiger partial charge in [-0.1, -0.05) is 17.7 Å². The summed E-state index contributed by atoms with van der Waals surface area (Å²) in [4.78, 5) is 42.3. The van der Waals surface area contributed by atoms with Gasteiger partial charge in [-0.2, -0.15) is 0 Å². The van der Waals surface area contributed by atoms with E-state index in [0.29, 0.717) is 41.7 Å². The number of ketones is 1. The molecule has 1 aliphatic carbocycles. The van der Waals surface area contributed by atoms with Crippen molar-refractivity contribution in [3.8, 4) is 0 Å². The molecule has 0 bridgehead atoms. The van der Waals surface area contributed by atoms with Crippen LogP contribution in [0.3, 0.4) is 0 Å². The molecule has 0 radical (unpaired) electrons. The van der Waals surface area contributed by atoms with Crippen LogP contribution in [0.4, 0.5) is 0 Å². The summed E-state index contributed by atoms with van der Waals surface area (Å²) >= 11 is 1.63. The molecule has 1 N–H and O–H groups in total. The molecule has 0 saturated carbocycles. The maximum Gasteiger partial charge on any atom is 0.336 e. The monoisotopic (exact) mass is 531 g/mol. The molecule has 1 fully saturated rings. The average Bonchev–Trinajstić information content (AvgIpc) is 3.62. The Bertz CT molecular complexity index is 1540. The SMILES string of the molecule is CC1=C(C(=O)OC[C@@H]2CCCO2)[C@@H](c2coc3ccc(C)cc3c2=O)C2=C(C[C@@H](c3cccs3)CC2=O)N1. The lowest BCUT2D eigenvalue weighted by molar-refractivity contribution is -0.142. The van der Waals surface area contributed by atoms with Crippen LogP contribution in [0.2, 0.25) is 0 Å². The summed E-state index contributed by atoms with van der Waals surface area (Å²) in [5.74, 6) is -1.46. The molecule has 1 aromatic carbocycles. The second-order valence-corrected chi connectivity index (χ2v) is 11.3. The smallest absolute Gasteiger partial charge is 0.336 e. The lowest BCUT2D eigenvalue weighted by Gasteiger charge is -2.36. The first-order valence-corrected chi connectivity index (χ1v) is 13.9. The molecule has 0 spiro atoms. The number of allylic oxidation sites excluding steroid dienone is 3. The number of thiophene rings is 1. The van der Waals surface area contributed by atoms with E-state index in [-0.39, 0.29) is 41.0 Å². The molecule has 3 atom stereocenters. The minimum atomic E-state index is -0.874. The predicted octanol–water partition coefficient (Wildman–Crippen LogP) is 5.25. The lowest BCUT2D eigenvalue weighted by atomic mass is 9.73. The van der Waals surface area contributed by atoms with Gasteiger partial charge in [0.05, 0.1) is 29.2 Å². The Morgan fingerprint density at radius 3 is 2.82 bits per heavy atom. The van der Waals surface area contributed by atoms with Crippen molar-refractivity contribution < 1.29 is 23.5 Å². The van der Waals surface area contributed by atoms with Crippen LogP contribution in [0.1, 0.15) is 60.4 Å². The van der Waals surface area contributed by atoms with Gasteiger partial charge >= 0.3 is 5.97 Å². The molecule has 4 heterocycles. The molecule has 8 heteroatoms. The Hall–Kier alpha value is -3.49. The fourth-order valence-corrected chi connectivity index (χ4v) is 6.66. The van der Waals surface area contributed by atoms with E-state index in [9.17, 15) is 14.4 Å². The first-order valence-electron chi connectivity index (χ1n) is 13.0. The van der Waals surface area contributed by atoms with Crippen LogP contribution in [0, 0.1) is 6.92 Å². The summed E-state index contributed by atoms with van der Waals surface area (Å²) in [7, 11) is 0. The van der Waals surface area contributed by atoms with Crippen LogP contribution in [-0.4, -0.2) is 31.1 Å². The Labute approximate surface area is 224 Å². The van der Waals surface area contributed by atoms with Crippen molar-refractivity contribution in [3.05, 3.63) is 90.7 Å². The van der Waals surface area contributed by atoms with Crippen LogP contribution < -0.4 is 10.7 Å². The minimum absolute atomic E-state index is 0.0471. The zero-order valence-electron chi connectivity index (χ0n) is 21.4. The van der Waals surface area contributed by atoms with Crippen LogP contribution in [0.15, 0.2) is 73.7 Å². The number of esters is 1. The van der Waals surface area contributed by atoms with E-state index in [1.54, 1.807) is 30.4 Å². The number of hydrogen-bond donors (Lipinski definition) is 1. The lowest BCUT2D eigenvalue weighted by Crippen LogP contribution is -2.37. The maximum atomic E-state index is 13.8. The van der Waals surface area contributed by atoms with Crippen molar-refractivity contribution in [1.82, 2.24) is 5.32 Å². The highest BCUT2D eigenvalue weighted by Gasteiger charge is 2.43. The second kappa shape index (κ2) is 10.0. The van der Waals surface area contributed by atoms with Gasteiger partial charge in [-0.25, -0.2) is 4.79 Å². The van der Waals surface area contributed by atoms with Gasteiger partial charge in [0.25, 0.3) is 0 Å². The highest BCUT2D eigenvalue weighted by atomic mass is 32.1. The number of Topliss-reactive ketones (excluding diaryl/α,β-unsaturated/α-hetero) is 1. The molecule has 196 valence electrons. The van der Waals surface area contributed by atoms with Crippen LogP contribution in [-0.2, 0) is 19.1 Å². The highest BCUT2D eigenvalue weighted by Crippen LogP contribution is 2.46.